The zero-order valence-electron chi connectivity index (χ0n) is 8.69. The van der Waals surface area contributed by atoms with E-state index in [2.05, 4.69) is 17.6 Å². The Morgan fingerprint density at radius 1 is 1.20 bits per heavy atom. The highest BCUT2D eigenvalue weighted by Gasteiger charge is 2.35. The molecular formula is C11H13F3O. The van der Waals surface area contributed by atoms with Crippen LogP contribution in [0.15, 0.2) is 23.6 Å². The highest BCUT2D eigenvalue weighted by atomic mass is 19.4. The van der Waals surface area contributed by atoms with Crippen molar-refractivity contribution in [1.82, 2.24) is 0 Å². The number of hydrogen-bond donors (Lipinski definition) is 0. The van der Waals surface area contributed by atoms with E-state index in [1.165, 1.54) is 12.2 Å². The molecule has 0 aromatic carbocycles. The van der Waals surface area contributed by atoms with Gasteiger partial charge in [0.1, 0.15) is 5.76 Å². The zero-order chi connectivity index (χ0) is 12.1. The Balaban J connectivity index is 0.000000921. The summed E-state index contributed by atoms with van der Waals surface area (Å²) >= 11 is 0. The summed E-state index contributed by atoms with van der Waals surface area (Å²) in [6, 6.07) is 0.893. The van der Waals surface area contributed by atoms with Crippen molar-refractivity contribution in [2.75, 3.05) is 0 Å². The van der Waals surface area contributed by atoms with Gasteiger partial charge >= 0.3 is 6.18 Å². The first-order chi connectivity index (χ1) is 6.99. The Kier molecular flexibility index (Phi) is 4.91. The molecule has 1 heterocycles. The summed E-state index contributed by atoms with van der Waals surface area (Å²) in [6.07, 6.45) is -1.96. The number of alkyl halides is 3. The quantitative estimate of drug-likeness (QED) is 0.706. The van der Waals surface area contributed by atoms with Gasteiger partial charge in [-0.05, 0) is 12.1 Å². The molecule has 84 valence electrons. The van der Waals surface area contributed by atoms with Crippen molar-refractivity contribution < 1.29 is 17.6 Å². The van der Waals surface area contributed by atoms with Crippen LogP contribution in [0.1, 0.15) is 30.9 Å². The summed E-state index contributed by atoms with van der Waals surface area (Å²) in [6.45, 7) is 10.7. The average molecular weight is 218 g/mol. The van der Waals surface area contributed by atoms with E-state index in [-0.39, 0.29) is 5.76 Å². The van der Waals surface area contributed by atoms with E-state index in [4.69, 9.17) is 0 Å². The topological polar surface area (TPSA) is 13.1 Å². The third-order valence-corrected chi connectivity index (χ3v) is 1.48. The van der Waals surface area contributed by atoms with Crippen LogP contribution in [0.5, 0.6) is 0 Å². The van der Waals surface area contributed by atoms with E-state index in [0.29, 0.717) is 5.56 Å². The smallest absolute Gasteiger partial charge is 0.449 e. The van der Waals surface area contributed by atoms with Gasteiger partial charge in [0.15, 0.2) is 0 Å². The van der Waals surface area contributed by atoms with Gasteiger partial charge in [0.2, 0.25) is 5.76 Å². The maximum Gasteiger partial charge on any atom is 0.449 e. The number of halogens is 3. The molecule has 4 heteroatoms. The molecule has 1 nitrogen and oxygen atoms in total. The minimum absolute atomic E-state index is 0.0855. The lowest BCUT2D eigenvalue weighted by Gasteiger charge is -1.99. The Labute approximate surface area is 86.9 Å². The SMILES string of the molecule is C=Cc1cc(C(F)(F)F)oc1C=C.CC. The van der Waals surface area contributed by atoms with E-state index >= 15 is 0 Å². The van der Waals surface area contributed by atoms with Gasteiger partial charge in [0.25, 0.3) is 0 Å². The molecule has 0 saturated carbocycles. The van der Waals surface area contributed by atoms with E-state index in [0.717, 1.165) is 6.07 Å². The Morgan fingerprint density at radius 3 is 2.00 bits per heavy atom. The Hall–Kier alpha value is -1.45. The van der Waals surface area contributed by atoms with Gasteiger partial charge in [0, 0.05) is 5.56 Å². The largest absolute Gasteiger partial charge is 0.452 e. The summed E-state index contributed by atoms with van der Waals surface area (Å²) in [5.41, 5.74) is 0.294. The molecule has 0 saturated heterocycles. The van der Waals surface area contributed by atoms with Gasteiger partial charge in [-0.3, -0.25) is 0 Å². The summed E-state index contributed by atoms with van der Waals surface area (Å²) in [5, 5.41) is 0. The fourth-order valence-corrected chi connectivity index (χ4v) is 0.878. The van der Waals surface area contributed by atoms with Crippen LogP contribution in [0, 0.1) is 0 Å². The molecule has 1 rings (SSSR count). The second-order valence-electron chi connectivity index (χ2n) is 2.34. The van der Waals surface area contributed by atoms with Crippen LogP contribution >= 0.6 is 0 Å². The summed E-state index contributed by atoms with van der Waals surface area (Å²) in [5.74, 6) is -0.945. The van der Waals surface area contributed by atoms with Crippen LogP contribution in [0.4, 0.5) is 13.2 Å². The van der Waals surface area contributed by atoms with Crippen molar-refractivity contribution in [3.05, 3.63) is 36.3 Å². The molecule has 1 aromatic rings. The lowest BCUT2D eigenvalue weighted by atomic mass is 10.2. The molecule has 0 bridgehead atoms. The molecule has 1 aromatic heterocycles. The first-order valence-corrected chi connectivity index (χ1v) is 4.45. The number of rotatable bonds is 2. The second kappa shape index (κ2) is 5.44. The van der Waals surface area contributed by atoms with Crippen molar-refractivity contribution >= 4 is 12.2 Å². The predicted molar refractivity (Wildman–Crippen MR) is 55.2 cm³/mol. The molecule has 0 amide bonds. The molecule has 0 atom stereocenters. The van der Waals surface area contributed by atoms with Gasteiger partial charge in [-0.15, -0.1) is 0 Å². The maximum absolute atomic E-state index is 12.1. The van der Waals surface area contributed by atoms with Crippen molar-refractivity contribution in [3.8, 4) is 0 Å². The minimum Gasteiger partial charge on any atom is -0.452 e. The molecule has 0 aliphatic rings. The zero-order valence-corrected chi connectivity index (χ0v) is 8.69. The highest BCUT2D eigenvalue weighted by Crippen LogP contribution is 2.33. The van der Waals surface area contributed by atoms with Crippen LogP contribution in [0.2, 0.25) is 0 Å². The average Bonchev–Trinajstić information content (AvgIpc) is 2.63. The monoisotopic (exact) mass is 218 g/mol. The van der Waals surface area contributed by atoms with E-state index < -0.39 is 11.9 Å². The van der Waals surface area contributed by atoms with Crippen LogP contribution < -0.4 is 0 Å². The minimum atomic E-state index is -4.46. The van der Waals surface area contributed by atoms with Gasteiger partial charge < -0.3 is 4.42 Å². The van der Waals surface area contributed by atoms with Crippen molar-refractivity contribution in [2.45, 2.75) is 20.0 Å². The Bertz CT molecular complexity index is 309. The standard InChI is InChI=1S/C9H7F3O.C2H6/c1-3-6-5-8(9(10,11)12)13-7(6)4-2;1-2/h3-5H,1-2H2;1-2H3. The molecule has 0 N–H and O–H groups in total. The summed E-state index contributed by atoms with van der Waals surface area (Å²) in [7, 11) is 0. The number of hydrogen-bond acceptors (Lipinski definition) is 1. The summed E-state index contributed by atoms with van der Waals surface area (Å²) < 4.78 is 40.8. The van der Waals surface area contributed by atoms with Gasteiger partial charge in [0.05, 0.1) is 0 Å². The molecule has 15 heavy (non-hydrogen) atoms. The molecule has 0 spiro atoms. The van der Waals surface area contributed by atoms with Crippen molar-refractivity contribution in [3.63, 3.8) is 0 Å². The maximum atomic E-state index is 12.1. The Morgan fingerprint density at radius 2 is 1.73 bits per heavy atom. The summed E-state index contributed by atoms with van der Waals surface area (Å²) in [4.78, 5) is 0. The van der Waals surface area contributed by atoms with E-state index in [9.17, 15) is 13.2 Å². The lowest BCUT2D eigenvalue weighted by Crippen LogP contribution is -2.02. The fraction of sp³-hybridized carbons (Fsp3) is 0.273. The molecule has 0 radical (unpaired) electrons. The van der Waals surface area contributed by atoms with Gasteiger partial charge in [-0.25, -0.2) is 0 Å². The molecule has 0 fully saturated rings. The second-order valence-corrected chi connectivity index (χ2v) is 2.34. The first-order valence-electron chi connectivity index (χ1n) is 4.45. The fourth-order valence-electron chi connectivity index (χ4n) is 0.878. The van der Waals surface area contributed by atoms with Gasteiger partial charge in [-0.1, -0.05) is 33.1 Å². The first kappa shape index (κ1) is 13.5. The molecule has 0 unspecified atom stereocenters. The van der Waals surface area contributed by atoms with Crippen LogP contribution in [-0.4, -0.2) is 0 Å². The predicted octanol–water partition coefficient (Wildman–Crippen LogP) is 4.61. The highest BCUT2D eigenvalue weighted by molar-refractivity contribution is 5.60. The molecule has 0 aliphatic carbocycles. The molecular weight excluding hydrogens is 205 g/mol. The van der Waals surface area contributed by atoms with E-state index in [1.807, 2.05) is 13.8 Å². The normalized spacial score (nSPS) is 10.2. The van der Waals surface area contributed by atoms with Crippen LogP contribution in [-0.2, 0) is 6.18 Å². The lowest BCUT2D eigenvalue weighted by molar-refractivity contribution is -0.153. The van der Waals surface area contributed by atoms with Crippen molar-refractivity contribution in [2.24, 2.45) is 0 Å². The van der Waals surface area contributed by atoms with Crippen molar-refractivity contribution in [1.29, 1.82) is 0 Å². The third kappa shape index (κ3) is 3.31. The van der Waals surface area contributed by atoms with Crippen LogP contribution in [0.3, 0.4) is 0 Å². The number of furan rings is 1. The molecule has 0 aliphatic heterocycles. The van der Waals surface area contributed by atoms with Gasteiger partial charge in [-0.2, -0.15) is 13.2 Å². The third-order valence-electron chi connectivity index (χ3n) is 1.48. The van der Waals surface area contributed by atoms with E-state index in [1.54, 1.807) is 0 Å². The van der Waals surface area contributed by atoms with Crippen LogP contribution in [0.25, 0.3) is 12.2 Å².